The van der Waals surface area contributed by atoms with Crippen molar-refractivity contribution in [2.75, 3.05) is 29.4 Å². The molecule has 1 amide bonds. The molecule has 24 heavy (non-hydrogen) atoms. The lowest BCUT2D eigenvalue weighted by Crippen LogP contribution is -2.44. The van der Waals surface area contributed by atoms with Crippen LogP contribution in [0.4, 0.5) is 11.5 Å². The van der Waals surface area contributed by atoms with Crippen LogP contribution in [0.2, 0.25) is 5.15 Å². The molecule has 0 saturated carbocycles. The summed E-state index contributed by atoms with van der Waals surface area (Å²) in [4.78, 5) is 17.1. The number of hydrogen-bond donors (Lipinski definition) is 0. The Balaban J connectivity index is 1.50. The molecule has 0 spiro atoms. The second-order valence-electron chi connectivity index (χ2n) is 6.37. The van der Waals surface area contributed by atoms with Gasteiger partial charge in [0.15, 0.2) is 11.0 Å². The van der Waals surface area contributed by atoms with Gasteiger partial charge in [-0.15, -0.1) is 10.2 Å². The second-order valence-corrected chi connectivity index (χ2v) is 6.76. The van der Waals surface area contributed by atoms with Gasteiger partial charge in [0.25, 0.3) is 0 Å². The van der Waals surface area contributed by atoms with Crippen LogP contribution in [0.15, 0.2) is 36.4 Å². The van der Waals surface area contributed by atoms with Crippen LogP contribution in [0, 0.1) is 5.92 Å². The van der Waals surface area contributed by atoms with E-state index < -0.39 is 0 Å². The normalized spacial score (nSPS) is 20.1. The zero-order chi connectivity index (χ0) is 16.5. The van der Waals surface area contributed by atoms with E-state index >= 15 is 0 Å². The van der Waals surface area contributed by atoms with E-state index in [-0.39, 0.29) is 11.8 Å². The van der Waals surface area contributed by atoms with Crippen LogP contribution >= 0.6 is 11.6 Å². The van der Waals surface area contributed by atoms with E-state index in [4.69, 9.17) is 11.6 Å². The molecule has 0 N–H and O–H groups in total. The monoisotopic (exact) mass is 342 g/mol. The maximum absolute atomic E-state index is 13.0. The number of piperidine rings is 1. The van der Waals surface area contributed by atoms with Gasteiger partial charge in [-0.25, -0.2) is 0 Å². The number of hydrogen-bond acceptors (Lipinski definition) is 4. The number of aromatic nitrogens is 2. The Labute approximate surface area is 146 Å². The molecule has 3 heterocycles. The van der Waals surface area contributed by atoms with Gasteiger partial charge >= 0.3 is 0 Å². The smallest absolute Gasteiger partial charge is 0.231 e. The predicted molar refractivity (Wildman–Crippen MR) is 94.5 cm³/mol. The molecule has 1 aromatic carbocycles. The first-order valence-electron chi connectivity index (χ1n) is 8.36. The highest BCUT2D eigenvalue weighted by atomic mass is 35.5. The number of nitrogens with zero attached hydrogens (tertiary/aromatic N) is 4. The van der Waals surface area contributed by atoms with E-state index in [1.807, 2.05) is 29.2 Å². The third-order valence-corrected chi connectivity index (χ3v) is 5.07. The zero-order valence-electron chi connectivity index (χ0n) is 13.4. The lowest BCUT2D eigenvalue weighted by Gasteiger charge is -2.34. The summed E-state index contributed by atoms with van der Waals surface area (Å²) >= 11 is 5.81. The number of carbonyl (C=O) groups is 1. The summed E-state index contributed by atoms with van der Waals surface area (Å²) < 4.78 is 0. The maximum Gasteiger partial charge on any atom is 0.231 e. The third kappa shape index (κ3) is 2.84. The van der Waals surface area contributed by atoms with E-state index in [2.05, 4.69) is 21.2 Å². The Kier molecular flexibility index (Phi) is 4.10. The first-order valence-corrected chi connectivity index (χ1v) is 8.73. The quantitative estimate of drug-likeness (QED) is 0.842. The fourth-order valence-corrected chi connectivity index (χ4v) is 3.75. The number of carbonyl (C=O) groups excluding carboxylic acids is 1. The highest BCUT2D eigenvalue weighted by Gasteiger charge is 2.33. The minimum Gasteiger partial charge on any atom is -0.354 e. The van der Waals surface area contributed by atoms with E-state index in [9.17, 15) is 4.79 Å². The van der Waals surface area contributed by atoms with E-state index in [1.165, 1.54) is 5.56 Å². The van der Waals surface area contributed by atoms with Crippen LogP contribution in [0.3, 0.4) is 0 Å². The lowest BCUT2D eigenvalue weighted by molar-refractivity contribution is -0.122. The summed E-state index contributed by atoms with van der Waals surface area (Å²) in [5.74, 6) is 1.02. The maximum atomic E-state index is 13.0. The Morgan fingerprint density at radius 2 is 2.00 bits per heavy atom. The van der Waals surface area contributed by atoms with Crippen molar-refractivity contribution in [3.63, 3.8) is 0 Å². The number of anilines is 2. The molecule has 0 bridgehead atoms. The molecule has 1 unspecified atom stereocenters. The molecule has 0 radical (unpaired) electrons. The number of rotatable bonds is 2. The minimum atomic E-state index is 0.00221. The topological polar surface area (TPSA) is 49.3 Å². The van der Waals surface area contributed by atoms with E-state index in [0.29, 0.717) is 11.7 Å². The molecular weight excluding hydrogens is 324 g/mol. The van der Waals surface area contributed by atoms with Crippen molar-refractivity contribution in [3.8, 4) is 0 Å². The van der Waals surface area contributed by atoms with Gasteiger partial charge in [0.2, 0.25) is 5.91 Å². The molecule has 124 valence electrons. The lowest BCUT2D eigenvalue weighted by atomic mass is 9.96. The first-order chi connectivity index (χ1) is 11.7. The molecule has 1 fully saturated rings. The molecule has 2 aliphatic heterocycles. The number of benzene rings is 1. The van der Waals surface area contributed by atoms with Gasteiger partial charge in [0, 0.05) is 25.3 Å². The third-order valence-electron chi connectivity index (χ3n) is 4.87. The summed E-state index contributed by atoms with van der Waals surface area (Å²) in [7, 11) is 0. The minimum absolute atomic E-state index is 0.00221. The summed E-state index contributed by atoms with van der Waals surface area (Å²) in [5.41, 5.74) is 2.34. The second kappa shape index (κ2) is 6.40. The highest BCUT2D eigenvalue weighted by molar-refractivity contribution is 6.29. The summed E-state index contributed by atoms with van der Waals surface area (Å²) in [5, 5.41) is 8.44. The van der Waals surface area contributed by atoms with Crippen LogP contribution in [0.5, 0.6) is 0 Å². The molecule has 6 heteroatoms. The highest BCUT2D eigenvalue weighted by Crippen LogP contribution is 2.31. The Morgan fingerprint density at radius 1 is 1.12 bits per heavy atom. The van der Waals surface area contributed by atoms with Crippen LogP contribution in [0.1, 0.15) is 18.4 Å². The molecule has 2 aromatic rings. The summed E-state index contributed by atoms with van der Waals surface area (Å²) in [6, 6.07) is 11.8. The van der Waals surface area contributed by atoms with Gasteiger partial charge in [0.1, 0.15) is 0 Å². The van der Waals surface area contributed by atoms with Gasteiger partial charge in [0.05, 0.1) is 5.92 Å². The number of amides is 1. The largest absolute Gasteiger partial charge is 0.354 e. The number of halogens is 1. The van der Waals surface area contributed by atoms with Gasteiger partial charge < -0.3 is 9.80 Å². The molecule has 2 aliphatic rings. The van der Waals surface area contributed by atoms with Crippen LogP contribution in [-0.4, -0.2) is 35.7 Å². The fourth-order valence-electron chi connectivity index (χ4n) is 3.65. The van der Waals surface area contributed by atoms with Crippen molar-refractivity contribution in [3.05, 3.63) is 47.1 Å². The van der Waals surface area contributed by atoms with Crippen LogP contribution in [-0.2, 0) is 11.2 Å². The van der Waals surface area contributed by atoms with Crippen molar-refractivity contribution >= 4 is 29.0 Å². The van der Waals surface area contributed by atoms with Crippen molar-refractivity contribution < 1.29 is 4.79 Å². The molecule has 1 atom stereocenters. The molecule has 0 aliphatic carbocycles. The Morgan fingerprint density at radius 3 is 2.83 bits per heavy atom. The van der Waals surface area contributed by atoms with Crippen LogP contribution < -0.4 is 9.80 Å². The first kappa shape index (κ1) is 15.4. The van der Waals surface area contributed by atoms with Crippen molar-refractivity contribution in [2.24, 2.45) is 5.92 Å². The van der Waals surface area contributed by atoms with Gasteiger partial charge in [-0.05, 0) is 43.0 Å². The SMILES string of the molecule is O=C(C1CCCN(c2ccc(Cl)nn2)C1)N1CCc2ccccc21. The Bertz CT molecular complexity index is 749. The van der Waals surface area contributed by atoms with Crippen LogP contribution in [0.25, 0.3) is 0 Å². The zero-order valence-corrected chi connectivity index (χ0v) is 14.1. The molecular formula is C18H19ClN4O. The average molecular weight is 343 g/mol. The van der Waals surface area contributed by atoms with Gasteiger partial charge in [-0.2, -0.15) is 0 Å². The average Bonchev–Trinajstić information content (AvgIpc) is 3.06. The number of fused-ring (bicyclic) bond motifs is 1. The Hall–Kier alpha value is -2.14. The van der Waals surface area contributed by atoms with E-state index in [0.717, 1.165) is 43.9 Å². The van der Waals surface area contributed by atoms with Gasteiger partial charge in [-0.3, -0.25) is 4.79 Å². The molecule has 4 rings (SSSR count). The fraction of sp³-hybridized carbons (Fsp3) is 0.389. The summed E-state index contributed by atoms with van der Waals surface area (Å²) in [6.07, 6.45) is 2.85. The summed E-state index contributed by atoms with van der Waals surface area (Å²) in [6.45, 7) is 2.37. The number of para-hydroxylation sites is 1. The van der Waals surface area contributed by atoms with Crippen molar-refractivity contribution in [1.82, 2.24) is 10.2 Å². The van der Waals surface area contributed by atoms with Gasteiger partial charge in [-0.1, -0.05) is 29.8 Å². The molecule has 1 saturated heterocycles. The van der Waals surface area contributed by atoms with Crippen molar-refractivity contribution in [2.45, 2.75) is 19.3 Å². The molecule has 1 aromatic heterocycles. The van der Waals surface area contributed by atoms with Crippen molar-refractivity contribution in [1.29, 1.82) is 0 Å². The van der Waals surface area contributed by atoms with E-state index in [1.54, 1.807) is 6.07 Å². The molecule has 5 nitrogen and oxygen atoms in total. The predicted octanol–water partition coefficient (Wildman–Crippen LogP) is 2.94. The standard InChI is InChI=1S/C18H19ClN4O/c19-16-7-8-17(21-20-16)22-10-3-5-14(12-22)18(24)23-11-9-13-4-1-2-6-15(13)23/h1-2,4,6-8,14H,3,5,9-12H2.